The van der Waals surface area contributed by atoms with Gasteiger partial charge in [-0.1, -0.05) is 0 Å². The molecule has 0 saturated carbocycles. The number of carboxylic acid groups (broad SMARTS) is 1. The Kier molecular flexibility index (Phi) is 9.18. The molecule has 188 valence electrons. The molecule has 1 aliphatic heterocycles. The highest BCUT2D eigenvalue weighted by molar-refractivity contribution is 5.83. The first-order valence-corrected chi connectivity index (χ1v) is 13.0. The van der Waals surface area contributed by atoms with Crippen LogP contribution in [0.25, 0.3) is 10.9 Å². The maximum absolute atomic E-state index is 11.3. The fourth-order valence-corrected chi connectivity index (χ4v) is 5.55. The number of likely N-dealkylation sites (tertiary alicyclic amines) is 1. The smallest absolute Gasteiger partial charge is 0.303 e. The molecule has 0 bridgehead atoms. The second-order valence-electron chi connectivity index (χ2n) is 9.82. The van der Waals surface area contributed by atoms with E-state index in [2.05, 4.69) is 22.0 Å². The van der Waals surface area contributed by atoms with Crippen molar-refractivity contribution >= 4 is 16.9 Å². The molecule has 1 fully saturated rings. The second kappa shape index (κ2) is 12.7. The van der Waals surface area contributed by atoms with E-state index < -0.39 is 5.97 Å². The summed E-state index contributed by atoms with van der Waals surface area (Å²) in [5.41, 5.74) is 2.31. The average molecular weight is 479 g/mol. The number of aromatic nitrogens is 1. The number of piperidine rings is 1. The number of aliphatic carboxylic acids is 1. The van der Waals surface area contributed by atoms with Crippen molar-refractivity contribution < 1.29 is 19.1 Å². The van der Waals surface area contributed by atoms with Crippen molar-refractivity contribution in [2.24, 2.45) is 11.8 Å². The number of pyridine rings is 1. The molecule has 3 aromatic rings. The maximum Gasteiger partial charge on any atom is 0.303 e. The molecule has 1 aromatic carbocycles. The molecule has 0 radical (unpaired) electrons. The van der Waals surface area contributed by atoms with Gasteiger partial charge in [0.25, 0.3) is 0 Å². The SMILES string of the molecule is COc1ccc2nccc(CCC[C@@H]3CCN(CCCCc4ccco4)C[C@@H]3CCC(=O)O)c2c1. The maximum atomic E-state index is 11.3. The molecule has 1 saturated heterocycles. The highest BCUT2D eigenvalue weighted by atomic mass is 16.5. The molecular weight excluding hydrogens is 440 g/mol. The summed E-state index contributed by atoms with van der Waals surface area (Å²) in [5.74, 6) is 2.28. The molecule has 4 rings (SSSR count). The Labute approximate surface area is 208 Å². The third-order valence-corrected chi connectivity index (χ3v) is 7.49. The Hall–Kier alpha value is -2.86. The molecule has 3 heterocycles. The Balaban J connectivity index is 1.29. The summed E-state index contributed by atoms with van der Waals surface area (Å²) in [6, 6.07) is 12.2. The van der Waals surface area contributed by atoms with E-state index in [1.165, 1.54) is 10.9 Å². The Bertz CT molecular complexity index is 1070. The zero-order valence-electron chi connectivity index (χ0n) is 20.8. The number of carboxylic acids is 1. The van der Waals surface area contributed by atoms with Crippen molar-refractivity contribution in [2.45, 2.75) is 57.8 Å². The summed E-state index contributed by atoms with van der Waals surface area (Å²) in [7, 11) is 1.69. The Morgan fingerprint density at radius 1 is 1.14 bits per heavy atom. The zero-order chi connectivity index (χ0) is 24.5. The molecule has 6 nitrogen and oxygen atoms in total. The molecule has 2 aromatic heterocycles. The normalized spacial score (nSPS) is 18.7. The number of hydrogen-bond acceptors (Lipinski definition) is 5. The number of unbranched alkanes of at least 4 members (excludes halogenated alkanes) is 1. The van der Waals surface area contributed by atoms with Gasteiger partial charge in [-0.05, 0) is 112 Å². The van der Waals surface area contributed by atoms with Crippen LogP contribution in [-0.2, 0) is 17.6 Å². The van der Waals surface area contributed by atoms with Crippen molar-refractivity contribution in [3.63, 3.8) is 0 Å². The molecule has 1 N–H and O–H groups in total. The number of carbonyl (C=O) groups is 1. The van der Waals surface area contributed by atoms with Gasteiger partial charge in [0.05, 0.1) is 18.9 Å². The lowest BCUT2D eigenvalue weighted by Gasteiger charge is -2.39. The quantitative estimate of drug-likeness (QED) is 0.304. The van der Waals surface area contributed by atoms with Crippen molar-refractivity contribution in [2.75, 3.05) is 26.7 Å². The minimum atomic E-state index is -0.684. The Morgan fingerprint density at radius 3 is 2.86 bits per heavy atom. The van der Waals surface area contributed by atoms with Crippen molar-refractivity contribution in [1.82, 2.24) is 9.88 Å². The molecule has 35 heavy (non-hydrogen) atoms. The van der Waals surface area contributed by atoms with E-state index in [9.17, 15) is 9.90 Å². The lowest BCUT2D eigenvalue weighted by molar-refractivity contribution is -0.137. The molecule has 2 atom stereocenters. The number of nitrogens with zero attached hydrogens (tertiary/aromatic N) is 2. The molecule has 0 aliphatic carbocycles. The van der Waals surface area contributed by atoms with Gasteiger partial charge < -0.3 is 19.2 Å². The standard InChI is InChI=1S/C29H38N2O4/c1-34-26-11-12-28-27(20-26)23(14-16-30-28)7-4-6-22-15-18-31(21-24(22)10-13-29(32)33)17-3-2-8-25-9-5-19-35-25/h5,9,11-12,14,16,19-20,22,24H,2-4,6-8,10,13,15,17-18,21H2,1H3,(H,32,33)/t22-,24+/m1/s1. The largest absolute Gasteiger partial charge is 0.497 e. The number of fused-ring (bicyclic) bond motifs is 1. The number of aryl methyl sites for hydroxylation is 2. The number of methoxy groups -OCH3 is 1. The second-order valence-corrected chi connectivity index (χ2v) is 9.82. The lowest BCUT2D eigenvalue weighted by atomic mass is 9.79. The minimum Gasteiger partial charge on any atom is -0.497 e. The fourth-order valence-electron chi connectivity index (χ4n) is 5.55. The zero-order valence-corrected chi connectivity index (χ0v) is 20.8. The summed E-state index contributed by atoms with van der Waals surface area (Å²) < 4.78 is 10.9. The van der Waals surface area contributed by atoms with E-state index in [1.807, 2.05) is 30.5 Å². The van der Waals surface area contributed by atoms with Crippen molar-refractivity contribution in [1.29, 1.82) is 0 Å². The van der Waals surface area contributed by atoms with E-state index in [0.717, 1.165) is 88.0 Å². The van der Waals surface area contributed by atoms with Crippen LogP contribution in [0.1, 0.15) is 56.3 Å². The van der Waals surface area contributed by atoms with Gasteiger partial charge in [-0.2, -0.15) is 0 Å². The lowest BCUT2D eigenvalue weighted by Crippen LogP contribution is -2.41. The number of furan rings is 1. The van der Waals surface area contributed by atoms with Gasteiger partial charge in [0.15, 0.2) is 0 Å². The van der Waals surface area contributed by atoms with E-state index in [4.69, 9.17) is 9.15 Å². The number of ether oxygens (including phenoxy) is 1. The number of benzene rings is 1. The van der Waals surface area contributed by atoms with Crippen molar-refractivity contribution in [3.8, 4) is 5.75 Å². The minimum absolute atomic E-state index is 0.266. The van der Waals surface area contributed by atoms with Crippen LogP contribution in [0.3, 0.4) is 0 Å². The first kappa shape index (κ1) is 25.2. The van der Waals surface area contributed by atoms with Crippen LogP contribution in [0, 0.1) is 11.8 Å². The fraction of sp³-hybridized carbons (Fsp3) is 0.517. The van der Waals surface area contributed by atoms with Gasteiger partial charge in [-0.3, -0.25) is 9.78 Å². The van der Waals surface area contributed by atoms with E-state index >= 15 is 0 Å². The van der Waals surface area contributed by atoms with E-state index in [1.54, 1.807) is 13.4 Å². The molecule has 0 spiro atoms. The topological polar surface area (TPSA) is 75.8 Å². The first-order chi connectivity index (χ1) is 17.1. The van der Waals surface area contributed by atoms with Crippen LogP contribution in [0.2, 0.25) is 0 Å². The van der Waals surface area contributed by atoms with Crippen LogP contribution >= 0.6 is 0 Å². The van der Waals surface area contributed by atoms with E-state index in [-0.39, 0.29) is 6.42 Å². The predicted molar refractivity (Wildman–Crippen MR) is 138 cm³/mol. The van der Waals surface area contributed by atoms with Crippen LogP contribution in [0.5, 0.6) is 5.75 Å². The highest BCUT2D eigenvalue weighted by Gasteiger charge is 2.29. The van der Waals surface area contributed by atoms with Gasteiger partial charge in [0, 0.05) is 31.0 Å². The molecule has 0 unspecified atom stereocenters. The van der Waals surface area contributed by atoms with E-state index in [0.29, 0.717) is 11.8 Å². The summed E-state index contributed by atoms with van der Waals surface area (Å²) >= 11 is 0. The van der Waals surface area contributed by atoms with Gasteiger partial charge in [-0.15, -0.1) is 0 Å². The van der Waals surface area contributed by atoms with Gasteiger partial charge in [-0.25, -0.2) is 0 Å². The van der Waals surface area contributed by atoms with Crippen LogP contribution in [0.4, 0.5) is 0 Å². The average Bonchev–Trinajstić information content (AvgIpc) is 3.39. The summed E-state index contributed by atoms with van der Waals surface area (Å²) in [6.45, 7) is 3.22. The van der Waals surface area contributed by atoms with Crippen molar-refractivity contribution in [3.05, 3.63) is 60.2 Å². The van der Waals surface area contributed by atoms with Gasteiger partial charge >= 0.3 is 5.97 Å². The Morgan fingerprint density at radius 2 is 2.06 bits per heavy atom. The monoisotopic (exact) mass is 478 g/mol. The summed E-state index contributed by atoms with van der Waals surface area (Å²) in [4.78, 5) is 18.3. The first-order valence-electron chi connectivity index (χ1n) is 13.0. The molecule has 6 heteroatoms. The summed E-state index contributed by atoms with van der Waals surface area (Å²) in [6.07, 6.45) is 12.3. The third kappa shape index (κ3) is 7.31. The van der Waals surface area contributed by atoms with Gasteiger partial charge in [0.1, 0.15) is 11.5 Å². The van der Waals surface area contributed by atoms with Crippen LogP contribution < -0.4 is 4.74 Å². The molecular formula is C29H38N2O4. The number of hydrogen-bond donors (Lipinski definition) is 1. The third-order valence-electron chi connectivity index (χ3n) is 7.49. The highest BCUT2D eigenvalue weighted by Crippen LogP contribution is 2.32. The van der Waals surface area contributed by atoms with Crippen LogP contribution in [-0.4, -0.2) is 47.7 Å². The summed E-state index contributed by atoms with van der Waals surface area (Å²) in [5, 5.41) is 10.5. The molecule has 0 amide bonds. The molecule has 1 aliphatic rings. The predicted octanol–water partition coefficient (Wildman–Crippen LogP) is 5.98. The van der Waals surface area contributed by atoms with Gasteiger partial charge in [0.2, 0.25) is 0 Å². The van der Waals surface area contributed by atoms with Crippen LogP contribution in [0.15, 0.2) is 53.3 Å². The number of rotatable bonds is 13.